The van der Waals surface area contributed by atoms with Crippen LogP contribution >= 0.6 is 31.9 Å². The van der Waals surface area contributed by atoms with Crippen molar-refractivity contribution < 1.29 is 0 Å². The molecule has 4 atom stereocenters. The summed E-state index contributed by atoms with van der Waals surface area (Å²) in [4.78, 5) is 0. The summed E-state index contributed by atoms with van der Waals surface area (Å²) < 4.78 is 2.40. The average molecular weight is 562 g/mol. The van der Waals surface area contributed by atoms with E-state index in [1.54, 1.807) is 5.56 Å². The number of halogens is 2. The van der Waals surface area contributed by atoms with E-state index in [0.29, 0.717) is 0 Å². The van der Waals surface area contributed by atoms with E-state index in [9.17, 15) is 0 Å². The summed E-state index contributed by atoms with van der Waals surface area (Å²) in [5, 5.41) is 5.53. The summed E-state index contributed by atoms with van der Waals surface area (Å²) in [5.41, 5.74) is 3.50. The lowest BCUT2D eigenvalue weighted by atomic mass is 9.49. The van der Waals surface area contributed by atoms with Crippen molar-refractivity contribution in [2.45, 2.75) is 56.8 Å². The first-order valence-corrected chi connectivity index (χ1v) is 13.8. The highest BCUT2D eigenvalue weighted by molar-refractivity contribution is 9.11. The van der Waals surface area contributed by atoms with Gasteiger partial charge in [0.15, 0.2) is 0 Å². The SMILES string of the molecule is CC1CC2CC(C)(c3ccc(Br)c4ccccc34)CC(c3ccc(Br)c4ccccc34)(C1)C2. The van der Waals surface area contributed by atoms with E-state index >= 15 is 0 Å². The Kier molecular flexibility index (Phi) is 5.27. The molecule has 2 fully saturated rings. The van der Waals surface area contributed by atoms with Gasteiger partial charge in [-0.15, -0.1) is 0 Å². The number of fused-ring (bicyclic) bond motifs is 4. The van der Waals surface area contributed by atoms with Gasteiger partial charge in [-0.1, -0.05) is 106 Å². The molecule has 0 nitrogen and oxygen atoms in total. The number of hydrogen-bond acceptors (Lipinski definition) is 0. The zero-order valence-electron chi connectivity index (χ0n) is 19.4. The molecule has 33 heavy (non-hydrogen) atoms. The van der Waals surface area contributed by atoms with Gasteiger partial charge in [-0.05, 0) is 99.6 Å². The fraction of sp³-hybridized carbons (Fsp3) is 0.355. The molecule has 2 aliphatic carbocycles. The van der Waals surface area contributed by atoms with Crippen molar-refractivity contribution in [3.05, 3.63) is 92.9 Å². The van der Waals surface area contributed by atoms with E-state index in [4.69, 9.17) is 0 Å². The van der Waals surface area contributed by atoms with Crippen LogP contribution in [-0.4, -0.2) is 0 Å². The zero-order valence-corrected chi connectivity index (χ0v) is 22.5. The van der Waals surface area contributed by atoms with Gasteiger partial charge in [-0.25, -0.2) is 0 Å². The smallest absolute Gasteiger partial charge is 0.0253 e. The minimum Gasteiger partial charge on any atom is -0.0625 e. The lowest BCUT2D eigenvalue weighted by Gasteiger charge is -2.55. The van der Waals surface area contributed by atoms with Crippen LogP contribution in [0.3, 0.4) is 0 Å². The molecule has 4 aromatic rings. The minimum atomic E-state index is 0.164. The molecule has 2 aliphatic rings. The van der Waals surface area contributed by atoms with E-state index in [0.717, 1.165) is 11.8 Å². The molecular formula is C31H30Br2. The van der Waals surface area contributed by atoms with Crippen molar-refractivity contribution >= 4 is 53.4 Å². The maximum absolute atomic E-state index is 3.82. The second kappa shape index (κ2) is 7.95. The molecule has 0 aromatic heterocycles. The lowest BCUT2D eigenvalue weighted by Crippen LogP contribution is -2.48. The maximum Gasteiger partial charge on any atom is 0.0253 e. The van der Waals surface area contributed by atoms with Crippen LogP contribution in [0, 0.1) is 11.8 Å². The largest absolute Gasteiger partial charge is 0.0625 e. The first kappa shape index (κ1) is 21.9. The van der Waals surface area contributed by atoms with Crippen molar-refractivity contribution in [2.75, 3.05) is 0 Å². The molecule has 2 heteroatoms. The van der Waals surface area contributed by atoms with Gasteiger partial charge in [-0.2, -0.15) is 0 Å². The van der Waals surface area contributed by atoms with Crippen molar-refractivity contribution in [1.82, 2.24) is 0 Å². The fourth-order valence-electron chi connectivity index (χ4n) is 7.83. The van der Waals surface area contributed by atoms with E-state index in [1.807, 2.05) is 0 Å². The van der Waals surface area contributed by atoms with Crippen LogP contribution in [0.25, 0.3) is 21.5 Å². The normalized spacial score (nSPS) is 29.5. The van der Waals surface area contributed by atoms with Crippen molar-refractivity contribution in [3.8, 4) is 0 Å². The highest BCUT2D eigenvalue weighted by Gasteiger charge is 2.51. The molecule has 0 radical (unpaired) electrons. The number of hydrogen-bond donors (Lipinski definition) is 0. The van der Waals surface area contributed by atoms with Gasteiger partial charge in [-0.3, -0.25) is 0 Å². The Hall–Kier alpha value is -1.64. The molecule has 168 valence electrons. The Balaban J connectivity index is 1.56. The van der Waals surface area contributed by atoms with Gasteiger partial charge in [0.1, 0.15) is 0 Å². The predicted molar refractivity (Wildman–Crippen MR) is 148 cm³/mol. The van der Waals surface area contributed by atoms with Gasteiger partial charge in [0.05, 0.1) is 0 Å². The van der Waals surface area contributed by atoms with Gasteiger partial charge in [0, 0.05) is 8.95 Å². The van der Waals surface area contributed by atoms with Crippen LogP contribution in [0.2, 0.25) is 0 Å². The summed E-state index contributed by atoms with van der Waals surface area (Å²) in [7, 11) is 0. The highest BCUT2D eigenvalue weighted by Crippen LogP contribution is 2.60. The van der Waals surface area contributed by atoms with Crippen LogP contribution in [0.4, 0.5) is 0 Å². The van der Waals surface area contributed by atoms with Crippen molar-refractivity contribution in [2.24, 2.45) is 11.8 Å². The molecule has 2 saturated carbocycles. The highest BCUT2D eigenvalue weighted by atomic mass is 79.9. The second-order valence-electron chi connectivity index (χ2n) is 11.1. The van der Waals surface area contributed by atoms with E-state index in [1.165, 1.54) is 68.2 Å². The fourth-order valence-corrected chi connectivity index (χ4v) is 8.78. The molecule has 0 spiro atoms. The summed E-state index contributed by atoms with van der Waals surface area (Å²) in [6.07, 6.45) is 6.49. The molecule has 4 aromatic carbocycles. The van der Waals surface area contributed by atoms with Crippen LogP contribution in [0.1, 0.15) is 57.1 Å². The molecule has 0 aliphatic heterocycles. The summed E-state index contributed by atoms with van der Waals surface area (Å²) in [6.45, 7) is 5.04. The number of rotatable bonds is 2. The van der Waals surface area contributed by atoms with Crippen LogP contribution in [-0.2, 0) is 10.8 Å². The molecule has 6 rings (SSSR count). The zero-order chi connectivity index (χ0) is 22.8. The topological polar surface area (TPSA) is 0 Å². The lowest BCUT2D eigenvalue weighted by molar-refractivity contribution is 0.0607. The van der Waals surface area contributed by atoms with Gasteiger partial charge in [0.2, 0.25) is 0 Å². The Bertz CT molecular complexity index is 1370. The van der Waals surface area contributed by atoms with Crippen molar-refractivity contribution in [1.29, 1.82) is 0 Å². The molecular weight excluding hydrogens is 532 g/mol. The molecule has 2 bridgehead atoms. The quantitative estimate of drug-likeness (QED) is 0.228. The van der Waals surface area contributed by atoms with Crippen LogP contribution < -0.4 is 0 Å². The Morgan fingerprint density at radius 1 is 0.667 bits per heavy atom. The average Bonchev–Trinajstić information content (AvgIpc) is 2.78. The van der Waals surface area contributed by atoms with E-state index in [-0.39, 0.29) is 10.8 Å². The Morgan fingerprint density at radius 3 is 1.85 bits per heavy atom. The molecule has 0 saturated heterocycles. The second-order valence-corrected chi connectivity index (χ2v) is 12.8. The van der Waals surface area contributed by atoms with E-state index in [2.05, 4.69) is 119 Å². The molecule has 0 N–H and O–H groups in total. The third-order valence-corrected chi connectivity index (χ3v) is 9.97. The molecule has 0 amide bonds. The van der Waals surface area contributed by atoms with Crippen LogP contribution in [0.5, 0.6) is 0 Å². The summed E-state index contributed by atoms with van der Waals surface area (Å²) in [6, 6.07) is 27.4. The third kappa shape index (κ3) is 3.51. The van der Waals surface area contributed by atoms with Crippen LogP contribution in [0.15, 0.2) is 81.7 Å². The maximum atomic E-state index is 3.82. The molecule has 4 unspecified atom stereocenters. The monoisotopic (exact) mass is 560 g/mol. The van der Waals surface area contributed by atoms with Gasteiger partial charge >= 0.3 is 0 Å². The van der Waals surface area contributed by atoms with Gasteiger partial charge in [0.25, 0.3) is 0 Å². The summed E-state index contributed by atoms with van der Waals surface area (Å²) in [5.74, 6) is 1.55. The predicted octanol–water partition coefficient (Wildman–Crippen LogP) is 9.94. The molecule has 0 heterocycles. The first-order valence-electron chi connectivity index (χ1n) is 12.2. The number of benzene rings is 4. The third-order valence-electron chi connectivity index (χ3n) is 8.59. The summed E-state index contributed by atoms with van der Waals surface area (Å²) >= 11 is 7.63. The Labute approximate surface area is 214 Å². The Morgan fingerprint density at radius 2 is 1.21 bits per heavy atom. The van der Waals surface area contributed by atoms with Crippen molar-refractivity contribution in [3.63, 3.8) is 0 Å². The first-order chi connectivity index (χ1) is 15.9. The van der Waals surface area contributed by atoms with E-state index < -0.39 is 0 Å². The van der Waals surface area contributed by atoms with Gasteiger partial charge < -0.3 is 0 Å². The minimum absolute atomic E-state index is 0.164. The standard InChI is InChI=1S/C31H30Br2/c1-20-15-21-17-30(2,26-11-13-28(32)24-9-5-3-7-22(24)26)19-31(16-20,18-21)27-12-14-29(33)25-10-6-4-8-23(25)27/h3-14,20-21H,15-19H2,1-2H3.